The van der Waals surface area contributed by atoms with Crippen LogP contribution in [0.5, 0.6) is 0 Å². The van der Waals surface area contributed by atoms with Crippen molar-refractivity contribution < 1.29 is 9.53 Å². The zero-order chi connectivity index (χ0) is 11.1. The molecule has 15 heavy (non-hydrogen) atoms. The Kier molecular flexibility index (Phi) is 4.74. The summed E-state index contributed by atoms with van der Waals surface area (Å²) < 4.78 is 4.92. The third kappa shape index (κ3) is 4.06. The summed E-state index contributed by atoms with van der Waals surface area (Å²) in [6.07, 6.45) is 7.51. The van der Waals surface area contributed by atoms with Gasteiger partial charge >= 0.3 is 5.97 Å². The monoisotopic (exact) mass is 210 g/mol. The molecule has 0 aromatic carbocycles. The summed E-state index contributed by atoms with van der Waals surface area (Å²) in [5.74, 6) is -0.379. The number of ether oxygens (including phenoxy) is 1. The van der Waals surface area contributed by atoms with E-state index in [1.807, 2.05) is 17.3 Å². The fourth-order valence-corrected chi connectivity index (χ4v) is 1.31. The van der Waals surface area contributed by atoms with E-state index in [2.05, 4.69) is 18.4 Å². The minimum Gasteiger partial charge on any atom is -0.441 e. The van der Waals surface area contributed by atoms with Crippen molar-refractivity contribution in [2.75, 3.05) is 19.9 Å². The van der Waals surface area contributed by atoms with Crippen molar-refractivity contribution in [2.24, 2.45) is 0 Å². The van der Waals surface area contributed by atoms with Gasteiger partial charge in [-0.1, -0.05) is 19.9 Å². The number of carbonyl (C=O) groups is 1. The van der Waals surface area contributed by atoms with E-state index in [0.29, 0.717) is 6.73 Å². The van der Waals surface area contributed by atoms with E-state index in [9.17, 15) is 4.79 Å². The highest BCUT2D eigenvalue weighted by atomic mass is 16.5. The van der Waals surface area contributed by atoms with Crippen LogP contribution in [0.2, 0.25) is 0 Å². The van der Waals surface area contributed by atoms with Crippen LogP contribution in [0, 0.1) is 0 Å². The number of nitrogens with zero attached hydrogens (tertiary/aromatic N) is 2. The molecule has 1 rings (SSSR count). The molecular formula is C11H18N2O2. The van der Waals surface area contributed by atoms with Gasteiger partial charge in [-0.15, -0.1) is 0 Å². The van der Waals surface area contributed by atoms with Crippen molar-refractivity contribution in [3.8, 4) is 0 Å². The Bertz CT molecular complexity index is 251. The van der Waals surface area contributed by atoms with Gasteiger partial charge in [0.2, 0.25) is 0 Å². The fourth-order valence-electron chi connectivity index (χ4n) is 1.31. The maximum Gasteiger partial charge on any atom is 0.331 e. The molecule has 0 aromatic heterocycles. The van der Waals surface area contributed by atoms with Gasteiger partial charge in [-0.3, -0.25) is 0 Å². The quantitative estimate of drug-likeness (QED) is 0.491. The minimum atomic E-state index is -0.379. The average Bonchev–Trinajstić information content (AvgIpc) is 2.71. The van der Waals surface area contributed by atoms with Crippen molar-refractivity contribution in [2.45, 2.75) is 19.8 Å². The molecule has 0 radical (unpaired) electrons. The first-order chi connectivity index (χ1) is 7.26. The predicted molar refractivity (Wildman–Crippen MR) is 58.6 cm³/mol. The molecule has 4 nitrogen and oxygen atoms in total. The van der Waals surface area contributed by atoms with E-state index in [1.165, 1.54) is 18.9 Å². The molecule has 1 heterocycles. The lowest BCUT2D eigenvalue weighted by Gasteiger charge is -2.20. The highest BCUT2D eigenvalue weighted by Crippen LogP contribution is 2.07. The van der Waals surface area contributed by atoms with Crippen LogP contribution in [-0.4, -0.2) is 35.7 Å². The van der Waals surface area contributed by atoms with Crippen molar-refractivity contribution in [1.82, 2.24) is 9.80 Å². The second-order valence-electron chi connectivity index (χ2n) is 3.49. The van der Waals surface area contributed by atoms with Gasteiger partial charge in [0.05, 0.1) is 6.67 Å². The van der Waals surface area contributed by atoms with Gasteiger partial charge in [0, 0.05) is 25.0 Å². The van der Waals surface area contributed by atoms with Crippen LogP contribution in [0.25, 0.3) is 0 Å². The molecule has 4 heteroatoms. The molecule has 0 fully saturated rings. The molecule has 84 valence electrons. The van der Waals surface area contributed by atoms with Gasteiger partial charge in [0.25, 0.3) is 0 Å². The second kappa shape index (κ2) is 6.11. The lowest BCUT2D eigenvalue weighted by atomic mass is 10.3. The van der Waals surface area contributed by atoms with Crippen molar-refractivity contribution in [1.29, 1.82) is 0 Å². The number of hydrogen-bond acceptors (Lipinski definition) is 4. The Morgan fingerprint density at radius 1 is 1.53 bits per heavy atom. The summed E-state index contributed by atoms with van der Waals surface area (Å²) in [5, 5.41) is 0. The Labute approximate surface area is 90.8 Å². The van der Waals surface area contributed by atoms with Gasteiger partial charge in [-0.2, -0.15) is 0 Å². The molecule has 0 atom stereocenters. The lowest BCUT2D eigenvalue weighted by molar-refractivity contribution is -0.141. The summed E-state index contributed by atoms with van der Waals surface area (Å²) in [5.41, 5.74) is 0. The van der Waals surface area contributed by atoms with Crippen LogP contribution >= 0.6 is 0 Å². The van der Waals surface area contributed by atoms with Crippen LogP contribution in [0.4, 0.5) is 0 Å². The Balaban J connectivity index is 2.17. The van der Waals surface area contributed by atoms with Crippen LogP contribution in [0.15, 0.2) is 25.1 Å². The number of unbranched alkanes of at least 4 members (excludes halogenated alkanes) is 1. The van der Waals surface area contributed by atoms with Crippen molar-refractivity contribution in [3.05, 3.63) is 25.1 Å². The number of esters is 1. The van der Waals surface area contributed by atoms with Gasteiger partial charge in [-0.05, 0) is 6.42 Å². The molecule has 1 aliphatic heterocycles. The van der Waals surface area contributed by atoms with E-state index >= 15 is 0 Å². The zero-order valence-electron chi connectivity index (χ0n) is 9.19. The van der Waals surface area contributed by atoms with E-state index < -0.39 is 0 Å². The molecule has 0 amide bonds. The minimum absolute atomic E-state index is 0.296. The maximum absolute atomic E-state index is 10.8. The first kappa shape index (κ1) is 11.6. The third-order valence-electron chi connectivity index (χ3n) is 2.19. The molecule has 0 aliphatic carbocycles. The van der Waals surface area contributed by atoms with E-state index in [-0.39, 0.29) is 5.97 Å². The normalized spacial score (nSPS) is 14.5. The largest absolute Gasteiger partial charge is 0.441 e. The first-order valence-electron chi connectivity index (χ1n) is 5.22. The van der Waals surface area contributed by atoms with E-state index in [1.54, 1.807) is 0 Å². The number of hydrogen-bond donors (Lipinski definition) is 0. The molecule has 1 aliphatic rings. The Morgan fingerprint density at radius 3 is 2.93 bits per heavy atom. The molecular weight excluding hydrogens is 192 g/mol. The first-order valence-corrected chi connectivity index (χ1v) is 5.22. The Hall–Kier alpha value is -1.45. The molecule has 0 saturated heterocycles. The van der Waals surface area contributed by atoms with E-state index in [0.717, 1.165) is 13.2 Å². The van der Waals surface area contributed by atoms with Gasteiger partial charge in [0.15, 0.2) is 6.73 Å². The number of rotatable bonds is 6. The van der Waals surface area contributed by atoms with Crippen LogP contribution in [0.1, 0.15) is 19.8 Å². The summed E-state index contributed by atoms with van der Waals surface area (Å²) >= 11 is 0. The van der Waals surface area contributed by atoms with Crippen LogP contribution < -0.4 is 0 Å². The summed E-state index contributed by atoms with van der Waals surface area (Å²) in [7, 11) is 0. The van der Waals surface area contributed by atoms with Crippen molar-refractivity contribution in [3.63, 3.8) is 0 Å². The maximum atomic E-state index is 10.8. The van der Waals surface area contributed by atoms with Gasteiger partial charge in [0.1, 0.15) is 0 Å². The summed E-state index contributed by atoms with van der Waals surface area (Å²) in [6, 6.07) is 0. The third-order valence-corrected chi connectivity index (χ3v) is 2.19. The molecule has 0 N–H and O–H groups in total. The van der Waals surface area contributed by atoms with Crippen LogP contribution in [-0.2, 0) is 9.53 Å². The van der Waals surface area contributed by atoms with Crippen LogP contribution in [0.3, 0.4) is 0 Å². The van der Waals surface area contributed by atoms with Gasteiger partial charge in [-0.25, -0.2) is 4.79 Å². The topological polar surface area (TPSA) is 32.8 Å². The lowest BCUT2D eigenvalue weighted by Crippen LogP contribution is -2.28. The molecule has 0 saturated carbocycles. The van der Waals surface area contributed by atoms with Gasteiger partial charge < -0.3 is 14.5 Å². The van der Waals surface area contributed by atoms with Crippen molar-refractivity contribution >= 4 is 5.97 Å². The molecule has 0 bridgehead atoms. The second-order valence-corrected chi connectivity index (χ2v) is 3.49. The standard InChI is InChI=1S/C11H18N2O2/c1-3-5-6-12-7-8-13(9-12)10-15-11(14)4-2/h4,7-8H,2-3,5-6,9-10H2,1H3. The molecule has 0 aromatic rings. The van der Waals surface area contributed by atoms with E-state index in [4.69, 9.17) is 4.74 Å². The number of carbonyl (C=O) groups excluding carboxylic acids is 1. The zero-order valence-corrected chi connectivity index (χ0v) is 9.19. The molecule has 0 unspecified atom stereocenters. The smallest absolute Gasteiger partial charge is 0.331 e. The average molecular weight is 210 g/mol. The highest BCUT2D eigenvalue weighted by molar-refractivity contribution is 5.81. The predicted octanol–water partition coefficient (Wildman–Crippen LogP) is 1.52. The Morgan fingerprint density at radius 2 is 2.27 bits per heavy atom. The highest BCUT2D eigenvalue weighted by Gasteiger charge is 2.11. The molecule has 0 spiro atoms. The SMILES string of the molecule is C=CC(=O)OCN1C=CN(CCCC)C1. The summed E-state index contributed by atoms with van der Waals surface area (Å²) in [6.45, 7) is 7.66. The fraction of sp³-hybridized carbons (Fsp3) is 0.545. The summed E-state index contributed by atoms with van der Waals surface area (Å²) in [4.78, 5) is 15.0.